The van der Waals surface area contributed by atoms with Crippen molar-refractivity contribution < 1.29 is 19.0 Å². The molecule has 3 rings (SSSR count). The van der Waals surface area contributed by atoms with Crippen LogP contribution in [0.15, 0.2) is 40.1 Å². The number of rotatable bonds is 8. The molecule has 162 valence electrons. The number of hydrogen-bond acceptors (Lipinski definition) is 6. The van der Waals surface area contributed by atoms with E-state index in [0.717, 1.165) is 12.0 Å². The lowest BCUT2D eigenvalue weighted by atomic mass is 10.1. The SMILES string of the molecule is CCC(C)OCc1cn(C2CCC(COC(=O)c3ccc(C)cc3)O2)c(=O)[nH]c1=O. The van der Waals surface area contributed by atoms with Gasteiger partial charge in [-0.3, -0.25) is 14.3 Å². The summed E-state index contributed by atoms with van der Waals surface area (Å²) < 4.78 is 18.2. The zero-order valence-corrected chi connectivity index (χ0v) is 17.6. The first kappa shape index (κ1) is 22.0. The first-order valence-corrected chi connectivity index (χ1v) is 10.2. The predicted octanol–water partition coefficient (Wildman–Crippen LogP) is 2.69. The van der Waals surface area contributed by atoms with Crippen LogP contribution in [-0.4, -0.2) is 34.3 Å². The maximum Gasteiger partial charge on any atom is 0.338 e. The van der Waals surface area contributed by atoms with E-state index in [1.54, 1.807) is 12.1 Å². The second-order valence-corrected chi connectivity index (χ2v) is 7.61. The molecular formula is C22H28N2O6. The molecule has 8 nitrogen and oxygen atoms in total. The fraction of sp³-hybridized carbons (Fsp3) is 0.500. The Morgan fingerprint density at radius 1 is 1.27 bits per heavy atom. The highest BCUT2D eigenvalue weighted by Gasteiger charge is 2.29. The second kappa shape index (κ2) is 9.86. The van der Waals surface area contributed by atoms with Gasteiger partial charge in [-0.2, -0.15) is 0 Å². The van der Waals surface area contributed by atoms with Gasteiger partial charge in [-0.1, -0.05) is 24.6 Å². The normalized spacial score (nSPS) is 19.6. The number of hydrogen-bond donors (Lipinski definition) is 1. The fourth-order valence-corrected chi connectivity index (χ4v) is 3.15. The predicted molar refractivity (Wildman–Crippen MR) is 110 cm³/mol. The summed E-state index contributed by atoms with van der Waals surface area (Å²) in [5, 5.41) is 0. The minimum absolute atomic E-state index is 0.0140. The molecule has 2 aromatic rings. The average molecular weight is 416 g/mol. The van der Waals surface area contributed by atoms with E-state index in [2.05, 4.69) is 4.98 Å². The number of nitrogens with one attached hydrogen (secondary N) is 1. The van der Waals surface area contributed by atoms with E-state index in [1.165, 1.54) is 10.8 Å². The fourth-order valence-electron chi connectivity index (χ4n) is 3.15. The van der Waals surface area contributed by atoms with Crippen molar-refractivity contribution >= 4 is 5.97 Å². The molecular weight excluding hydrogens is 388 g/mol. The monoisotopic (exact) mass is 416 g/mol. The number of H-pyrrole nitrogens is 1. The Morgan fingerprint density at radius 3 is 2.70 bits per heavy atom. The minimum atomic E-state index is -0.533. The van der Waals surface area contributed by atoms with Crippen LogP contribution in [0.2, 0.25) is 0 Å². The summed E-state index contributed by atoms with van der Waals surface area (Å²) in [6.07, 6.45) is 2.70. The molecule has 0 saturated carbocycles. The summed E-state index contributed by atoms with van der Waals surface area (Å²) in [6.45, 7) is 6.09. The number of aryl methyl sites for hydroxylation is 1. The van der Waals surface area contributed by atoms with Crippen LogP contribution >= 0.6 is 0 Å². The van der Waals surface area contributed by atoms with E-state index < -0.39 is 23.4 Å². The maximum absolute atomic E-state index is 12.3. The molecule has 3 atom stereocenters. The zero-order valence-electron chi connectivity index (χ0n) is 17.6. The maximum atomic E-state index is 12.3. The van der Waals surface area contributed by atoms with Crippen LogP contribution < -0.4 is 11.2 Å². The standard InChI is InChI=1S/C22H28N2O6/c1-4-15(3)28-12-17-11-24(22(27)23-20(17)25)19-10-9-18(30-19)13-29-21(26)16-7-5-14(2)6-8-16/h5-8,11,15,18-19H,4,9-10,12-13H2,1-3H3,(H,23,25,27). The van der Waals surface area contributed by atoms with Gasteiger partial charge in [-0.25, -0.2) is 9.59 Å². The van der Waals surface area contributed by atoms with Crippen LogP contribution in [0.3, 0.4) is 0 Å². The Morgan fingerprint density at radius 2 is 2.00 bits per heavy atom. The second-order valence-electron chi connectivity index (χ2n) is 7.61. The summed E-state index contributed by atoms with van der Waals surface area (Å²) in [5.41, 5.74) is 0.926. The summed E-state index contributed by atoms with van der Waals surface area (Å²) in [5.74, 6) is -0.410. The molecule has 1 aromatic carbocycles. The molecule has 0 bridgehead atoms. The third-order valence-corrected chi connectivity index (χ3v) is 5.22. The Labute approximate surface area is 174 Å². The highest BCUT2D eigenvalue weighted by Crippen LogP contribution is 2.27. The highest BCUT2D eigenvalue weighted by atomic mass is 16.6. The molecule has 0 radical (unpaired) electrons. The highest BCUT2D eigenvalue weighted by molar-refractivity contribution is 5.89. The third kappa shape index (κ3) is 5.46. The van der Waals surface area contributed by atoms with Gasteiger partial charge < -0.3 is 14.2 Å². The first-order valence-electron chi connectivity index (χ1n) is 10.2. The van der Waals surface area contributed by atoms with Crippen molar-refractivity contribution in [2.24, 2.45) is 0 Å². The van der Waals surface area contributed by atoms with Gasteiger partial charge in [0.1, 0.15) is 12.8 Å². The zero-order chi connectivity index (χ0) is 21.7. The van der Waals surface area contributed by atoms with Gasteiger partial charge in [0.05, 0.1) is 29.9 Å². The van der Waals surface area contributed by atoms with Gasteiger partial charge in [0.25, 0.3) is 5.56 Å². The van der Waals surface area contributed by atoms with Crippen molar-refractivity contribution in [2.75, 3.05) is 6.61 Å². The minimum Gasteiger partial charge on any atom is -0.459 e. The lowest BCUT2D eigenvalue weighted by molar-refractivity contribution is -0.0344. The van der Waals surface area contributed by atoms with Crippen molar-refractivity contribution in [2.45, 2.75) is 65.1 Å². The molecule has 8 heteroatoms. The van der Waals surface area contributed by atoms with E-state index in [0.29, 0.717) is 24.0 Å². The summed E-state index contributed by atoms with van der Waals surface area (Å²) in [7, 11) is 0. The summed E-state index contributed by atoms with van der Waals surface area (Å²) in [4.78, 5) is 38.8. The third-order valence-electron chi connectivity index (χ3n) is 5.22. The number of aromatic amines is 1. The largest absolute Gasteiger partial charge is 0.459 e. The van der Waals surface area contributed by atoms with E-state index in [-0.39, 0.29) is 25.4 Å². The molecule has 1 saturated heterocycles. The quantitative estimate of drug-likeness (QED) is 0.664. The molecule has 1 aromatic heterocycles. The number of benzene rings is 1. The lowest BCUT2D eigenvalue weighted by Gasteiger charge is -2.17. The van der Waals surface area contributed by atoms with Gasteiger partial charge in [0.15, 0.2) is 0 Å². The number of carbonyl (C=O) groups excluding carboxylic acids is 1. The van der Waals surface area contributed by atoms with Gasteiger partial charge in [0.2, 0.25) is 0 Å². The number of carbonyl (C=O) groups is 1. The Kier molecular flexibility index (Phi) is 7.23. The molecule has 1 aliphatic rings. The van der Waals surface area contributed by atoms with Gasteiger partial charge in [-0.15, -0.1) is 0 Å². The van der Waals surface area contributed by atoms with E-state index >= 15 is 0 Å². The molecule has 0 amide bonds. The van der Waals surface area contributed by atoms with Crippen molar-refractivity contribution in [1.82, 2.24) is 9.55 Å². The van der Waals surface area contributed by atoms with E-state index in [4.69, 9.17) is 14.2 Å². The van der Waals surface area contributed by atoms with Crippen molar-refractivity contribution in [1.29, 1.82) is 0 Å². The molecule has 0 spiro atoms. The number of esters is 1. The molecule has 1 aliphatic heterocycles. The first-order chi connectivity index (χ1) is 14.4. The molecule has 3 unspecified atom stereocenters. The molecule has 0 aliphatic carbocycles. The van der Waals surface area contributed by atoms with Gasteiger partial charge >= 0.3 is 11.7 Å². The van der Waals surface area contributed by atoms with Crippen LogP contribution in [0.4, 0.5) is 0 Å². The van der Waals surface area contributed by atoms with Gasteiger partial charge in [0, 0.05) is 6.20 Å². The number of aromatic nitrogens is 2. The smallest absolute Gasteiger partial charge is 0.338 e. The molecule has 2 heterocycles. The Hall–Kier alpha value is -2.71. The van der Waals surface area contributed by atoms with Crippen LogP contribution in [0.25, 0.3) is 0 Å². The van der Waals surface area contributed by atoms with E-state index in [9.17, 15) is 14.4 Å². The van der Waals surface area contributed by atoms with Crippen molar-refractivity contribution in [3.05, 3.63) is 68.0 Å². The van der Waals surface area contributed by atoms with Crippen molar-refractivity contribution in [3.8, 4) is 0 Å². The van der Waals surface area contributed by atoms with Crippen LogP contribution in [-0.2, 0) is 20.8 Å². The van der Waals surface area contributed by atoms with Crippen LogP contribution in [0, 0.1) is 6.92 Å². The molecule has 30 heavy (non-hydrogen) atoms. The van der Waals surface area contributed by atoms with Crippen molar-refractivity contribution in [3.63, 3.8) is 0 Å². The Balaban J connectivity index is 1.60. The van der Waals surface area contributed by atoms with Crippen LogP contribution in [0.5, 0.6) is 0 Å². The topological polar surface area (TPSA) is 99.6 Å². The Bertz CT molecular complexity index is 978. The summed E-state index contributed by atoms with van der Waals surface area (Å²) >= 11 is 0. The molecule has 1 fully saturated rings. The number of nitrogens with zero attached hydrogens (tertiary/aromatic N) is 1. The average Bonchev–Trinajstić information content (AvgIpc) is 3.20. The van der Waals surface area contributed by atoms with Gasteiger partial charge in [-0.05, 0) is 45.2 Å². The molecule has 1 N–H and O–H groups in total. The lowest BCUT2D eigenvalue weighted by Crippen LogP contribution is -2.34. The number of ether oxygens (including phenoxy) is 3. The van der Waals surface area contributed by atoms with Crippen LogP contribution in [0.1, 0.15) is 60.8 Å². The van der Waals surface area contributed by atoms with E-state index in [1.807, 2.05) is 32.9 Å². The summed E-state index contributed by atoms with van der Waals surface area (Å²) in [6, 6.07) is 7.14.